The van der Waals surface area contributed by atoms with E-state index in [9.17, 15) is 4.79 Å². The topological polar surface area (TPSA) is 20.3 Å². The average Bonchev–Trinajstić information content (AvgIpc) is 2.61. The zero-order valence-corrected chi connectivity index (χ0v) is 16.3. The molecule has 0 heterocycles. The fraction of sp³-hybridized carbons (Fsp3) is 0.350. The molecule has 0 aromatic heterocycles. The number of halogens is 2. The van der Waals surface area contributed by atoms with Crippen molar-refractivity contribution < 1.29 is 4.79 Å². The molecule has 25 heavy (non-hydrogen) atoms. The highest BCUT2D eigenvalue weighted by Crippen LogP contribution is 2.30. The summed E-state index contributed by atoms with van der Waals surface area (Å²) in [5.74, 6) is 0.515. The Hall–Kier alpha value is -1.16. The van der Waals surface area contributed by atoms with E-state index in [1.54, 1.807) is 6.07 Å². The Balaban J connectivity index is 1.74. The molecule has 0 unspecified atom stereocenters. The van der Waals surface area contributed by atoms with Gasteiger partial charge in [-0.15, -0.1) is 11.8 Å². The number of amides is 1. The second kappa shape index (κ2) is 8.98. The minimum Gasteiger partial charge on any atom is -0.309 e. The van der Waals surface area contributed by atoms with Crippen LogP contribution in [0.1, 0.15) is 32.1 Å². The fourth-order valence-electron chi connectivity index (χ4n) is 3.31. The normalized spacial score (nSPS) is 15.1. The number of nitrogens with zero attached hydrogens (tertiary/aromatic N) is 1. The van der Waals surface area contributed by atoms with E-state index in [1.807, 2.05) is 47.4 Å². The molecule has 0 spiro atoms. The van der Waals surface area contributed by atoms with Crippen molar-refractivity contribution in [2.75, 3.05) is 10.7 Å². The van der Waals surface area contributed by atoms with Crippen LogP contribution in [0.5, 0.6) is 0 Å². The molecule has 2 nitrogen and oxygen atoms in total. The standard InChI is InChI=1S/C20H21Cl2NOS/c21-15-11-16(22)13-19(12-15)25-14-20(24)23(17-7-3-1-4-8-17)18-9-5-2-6-10-18/h1,3-4,7-8,11-13,18H,2,5-6,9-10,14H2. The van der Waals surface area contributed by atoms with Gasteiger partial charge in [0.25, 0.3) is 0 Å². The van der Waals surface area contributed by atoms with Crippen molar-refractivity contribution in [1.29, 1.82) is 0 Å². The molecule has 0 aliphatic heterocycles. The maximum Gasteiger partial charge on any atom is 0.237 e. The molecule has 1 aliphatic rings. The van der Waals surface area contributed by atoms with Crippen molar-refractivity contribution in [3.8, 4) is 0 Å². The third-order valence-corrected chi connectivity index (χ3v) is 5.84. The molecular formula is C20H21Cl2NOS. The number of carbonyl (C=O) groups is 1. The molecule has 132 valence electrons. The maximum atomic E-state index is 13.0. The van der Waals surface area contributed by atoms with Gasteiger partial charge in [0.05, 0.1) is 5.75 Å². The molecule has 0 saturated heterocycles. The molecular weight excluding hydrogens is 373 g/mol. The van der Waals surface area contributed by atoms with E-state index in [1.165, 1.54) is 31.0 Å². The Bertz CT molecular complexity index is 697. The lowest BCUT2D eigenvalue weighted by Crippen LogP contribution is -2.42. The first-order valence-corrected chi connectivity index (χ1v) is 10.3. The van der Waals surface area contributed by atoms with Crippen molar-refractivity contribution in [2.45, 2.75) is 43.0 Å². The van der Waals surface area contributed by atoms with Crippen molar-refractivity contribution in [2.24, 2.45) is 0 Å². The lowest BCUT2D eigenvalue weighted by atomic mass is 9.93. The Labute approximate surface area is 163 Å². The van der Waals surface area contributed by atoms with Crippen LogP contribution in [0.3, 0.4) is 0 Å². The van der Waals surface area contributed by atoms with Crippen molar-refractivity contribution in [3.63, 3.8) is 0 Å². The maximum absolute atomic E-state index is 13.0. The predicted molar refractivity (Wildman–Crippen MR) is 108 cm³/mol. The summed E-state index contributed by atoms with van der Waals surface area (Å²) in [6, 6.07) is 15.7. The zero-order valence-electron chi connectivity index (χ0n) is 14.0. The van der Waals surface area contributed by atoms with Crippen LogP contribution < -0.4 is 4.90 Å². The van der Waals surface area contributed by atoms with Gasteiger partial charge in [0.1, 0.15) is 0 Å². The van der Waals surface area contributed by atoms with E-state index in [0.717, 1.165) is 23.4 Å². The van der Waals surface area contributed by atoms with E-state index in [0.29, 0.717) is 21.8 Å². The minimum atomic E-state index is 0.138. The van der Waals surface area contributed by atoms with E-state index in [4.69, 9.17) is 23.2 Å². The first-order valence-electron chi connectivity index (χ1n) is 8.59. The molecule has 0 bridgehead atoms. The zero-order chi connectivity index (χ0) is 17.6. The van der Waals surface area contributed by atoms with Gasteiger partial charge < -0.3 is 4.90 Å². The Kier molecular flexibility index (Phi) is 6.69. The van der Waals surface area contributed by atoms with E-state index in [2.05, 4.69) is 0 Å². The second-order valence-electron chi connectivity index (χ2n) is 6.28. The largest absolute Gasteiger partial charge is 0.309 e. The first kappa shape index (κ1) is 18.6. The second-order valence-corrected chi connectivity index (χ2v) is 8.21. The summed E-state index contributed by atoms with van der Waals surface area (Å²) < 4.78 is 0. The summed E-state index contributed by atoms with van der Waals surface area (Å²) in [5.41, 5.74) is 0.990. The van der Waals surface area contributed by atoms with Gasteiger partial charge in [0, 0.05) is 26.7 Å². The van der Waals surface area contributed by atoms with Crippen LogP contribution in [0.25, 0.3) is 0 Å². The quantitative estimate of drug-likeness (QED) is 0.543. The third kappa shape index (κ3) is 5.16. The summed E-state index contributed by atoms with van der Waals surface area (Å²) in [4.78, 5) is 15.9. The van der Waals surface area contributed by atoms with Gasteiger partial charge in [0.2, 0.25) is 5.91 Å². The number of thioether (sulfide) groups is 1. The van der Waals surface area contributed by atoms with Crippen LogP contribution >= 0.6 is 35.0 Å². The van der Waals surface area contributed by atoms with Gasteiger partial charge in [-0.2, -0.15) is 0 Å². The number of benzene rings is 2. The van der Waals surface area contributed by atoms with Gasteiger partial charge in [-0.1, -0.05) is 60.7 Å². The number of hydrogen-bond acceptors (Lipinski definition) is 2. The van der Waals surface area contributed by atoms with E-state index in [-0.39, 0.29) is 5.91 Å². The molecule has 0 atom stereocenters. The monoisotopic (exact) mass is 393 g/mol. The van der Waals surface area contributed by atoms with E-state index >= 15 is 0 Å². The van der Waals surface area contributed by atoms with Crippen molar-refractivity contribution in [3.05, 3.63) is 58.6 Å². The van der Waals surface area contributed by atoms with Gasteiger partial charge >= 0.3 is 0 Å². The number of para-hydroxylation sites is 1. The highest BCUT2D eigenvalue weighted by Gasteiger charge is 2.26. The SMILES string of the molecule is O=C(CSc1cc(Cl)cc(Cl)c1)N(c1ccccc1)C1CCCCC1. The van der Waals surface area contributed by atoms with Gasteiger partial charge in [-0.25, -0.2) is 0 Å². The molecule has 3 rings (SSSR count). The molecule has 2 aromatic carbocycles. The van der Waals surface area contributed by atoms with Crippen molar-refractivity contribution in [1.82, 2.24) is 0 Å². The molecule has 5 heteroatoms. The fourth-order valence-corrected chi connectivity index (χ4v) is 4.82. The molecule has 2 aromatic rings. The molecule has 0 N–H and O–H groups in total. The summed E-state index contributed by atoms with van der Waals surface area (Å²) in [6.07, 6.45) is 5.81. The van der Waals surface area contributed by atoms with Crippen molar-refractivity contribution >= 4 is 46.6 Å². The summed E-state index contributed by atoms with van der Waals surface area (Å²) in [6.45, 7) is 0. The highest BCUT2D eigenvalue weighted by atomic mass is 35.5. The molecule has 1 saturated carbocycles. The highest BCUT2D eigenvalue weighted by molar-refractivity contribution is 8.00. The predicted octanol–water partition coefficient (Wildman–Crippen LogP) is 6.45. The molecule has 1 amide bonds. The average molecular weight is 394 g/mol. The van der Waals surface area contributed by atoms with Crippen LogP contribution in [0.4, 0.5) is 5.69 Å². The van der Waals surface area contributed by atoms with Gasteiger partial charge in [0.15, 0.2) is 0 Å². The van der Waals surface area contributed by atoms with Crippen LogP contribution in [-0.4, -0.2) is 17.7 Å². The van der Waals surface area contributed by atoms with Crippen LogP contribution in [0.2, 0.25) is 10.0 Å². The number of carbonyl (C=O) groups excluding carboxylic acids is 1. The number of rotatable bonds is 5. The lowest BCUT2D eigenvalue weighted by molar-refractivity contribution is -0.116. The summed E-state index contributed by atoms with van der Waals surface area (Å²) >= 11 is 13.6. The van der Waals surface area contributed by atoms with Crippen LogP contribution in [0.15, 0.2) is 53.4 Å². The smallest absolute Gasteiger partial charge is 0.237 e. The van der Waals surface area contributed by atoms with Crippen LogP contribution in [0, 0.1) is 0 Å². The Morgan fingerprint density at radius 1 is 1.00 bits per heavy atom. The Morgan fingerprint density at radius 2 is 1.64 bits per heavy atom. The third-order valence-electron chi connectivity index (χ3n) is 4.44. The lowest BCUT2D eigenvalue weighted by Gasteiger charge is -2.34. The molecule has 0 radical (unpaired) electrons. The van der Waals surface area contributed by atoms with Crippen LogP contribution in [-0.2, 0) is 4.79 Å². The van der Waals surface area contributed by atoms with Gasteiger partial charge in [-0.3, -0.25) is 4.79 Å². The first-order chi connectivity index (χ1) is 12.1. The minimum absolute atomic E-state index is 0.138. The van der Waals surface area contributed by atoms with E-state index < -0.39 is 0 Å². The summed E-state index contributed by atoms with van der Waals surface area (Å²) in [7, 11) is 0. The van der Waals surface area contributed by atoms with Gasteiger partial charge in [-0.05, 0) is 43.2 Å². The Morgan fingerprint density at radius 3 is 2.28 bits per heavy atom. The number of anilines is 1. The number of hydrogen-bond donors (Lipinski definition) is 0. The molecule has 1 aliphatic carbocycles. The molecule has 1 fully saturated rings. The summed E-state index contributed by atoms with van der Waals surface area (Å²) in [5, 5.41) is 1.18.